The van der Waals surface area contributed by atoms with Crippen molar-refractivity contribution in [1.29, 1.82) is 0 Å². The van der Waals surface area contributed by atoms with Crippen LogP contribution < -0.4 is 0 Å². The highest BCUT2D eigenvalue weighted by molar-refractivity contribution is 6.44. The van der Waals surface area contributed by atoms with E-state index < -0.39 is 17.8 Å². The Morgan fingerprint density at radius 1 is 1.18 bits per heavy atom. The van der Waals surface area contributed by atoms with Crippen molar-refractivity contribution in [1.82, 2.24) is 15.0 Å². The van der Waals surface area contributed by atoms with E-state index in [-0.39, 0.29) is 12.6 Å². The molecule has 1 aliphatic rings. The minimum atomic E-state index is -0.860. The summed E-state index contributed by atoms with van der Waals surface area (Å²) in [6.07, 6.45) is 1.49. The second-order valence-electron chi connectivity index (χ2n) is 5.10. The molecule has 2 aromatic heterocycles. The fourth-order valence-corrected chi connectivity index (χ4v) is 2.20. The number of hydrogen-bond donors (Lipinski definition) is 0. The van der Waals surface area contributed by atoms with Gasteiger partial charge in [0.15, 0.2) is 5.76 Å². The minimum Gasteiger partial charge on any atom is -0.461 e. The van der Waals surface area contributed by atoms with E-state index in [4.69, 9.17) is 8.94 Å². The van der Waals surface area contributed by atoms with Crippen molar-refractivity contribution in [3.63, 3.8) is 0 Å². The lowest BCUT2D eigenvalue weighted by Gasteiger charge is -2.17. The predicted molar refractivity (Wildman–Crippen MR) is 72.1 cm³/mol. The average molecular weight is 303 g/mol. The number of nitrogens with zero attached hydrogens (tertiary/aromatic N) is 3. The molecule has 8 heteroatoms. The summed E-state index contributed by atoms with van der Waals surface area (Å²) >= 11 is 0. The molecule has 0 aliphatic carbocycles. The van der Waals surface area contributed by atoms with Crippen LogP contribution in [-0.2, 0) is 16.1 Å². The number of imide groups is 2. The second kappa shape index (κ2) is 5.14. The van der Waals surface area contributed by atoms with E-state index in [2.05, 4.69) is 5.16 Å². The first kappa shape index (κ1) is 14.1. The third-order valence-corrected chi connectivity index (χ3v) is 3.24. The first-order valence-corrected chi connectivity index (χ1v) is 6.67. The lowest BCUT2D eigenvalue weighted by molar-refractivity contribution is -0.144. The Balaban J connectivity index is 1.80. The zero-order valence-corrected chi connectivity index (χ0v) is 12.0. The molecule has 0 aromatic carbocycles. The van der Waals surface area contributed by atoms with Crippen molar-refractivity contribution in [2.24, 2.45) is 0 Å². The molecule has 0 N–H and O–H groups in total. The summed E-state index contributed by atoms with van der Waals surface area (Å²) in [4.78, 5) is 37.6. The summed E-state index contributed by atoms with van der Waals surface area (Å²) in [5.41, 5.74) is 0.353. The molecule has 0 unspecified atom stereocenters. The van der Waals surface area contributed by atoms with Crippen LogP contribution in [0.3, 0.4) is 0 Å². The van der Waals surface area contributed by atoms with Gasteiger partial charge in [0, 0.05) is 12.1 Å². The monoisotopic (exact) mass is 303 g/mol. The molecule has 8 nitrogen and oxygen atoms in total. The SMILES string of the molecule is CC(C)N1C(=O)C(=O)N(Cc2cc(-c3ccco3)on2)C1=O. The molecule has 0 bridgehead atoms. The number of urea groups is 1. The maximum absolute atomic E-state index is 12.1. The molecule has 2 aromatic rings. The standard InChI is InChI=1S/C14H13N3O5/c1-8(2)17-13(19)12(18)16(14(17)20)7-9-6-11(22-15-9)10-4-3-5-21-10/h3-6,8H,7H2,1-2H3. The number of carbonyl (C=O) groups is 3. The van der Waals surface area contributed by atoms with Gasteiger partial charge in [0.1, 0.15) is 5.69 Å². The van der Waals surface area contributed by atoms with Crippen molar-refractivity contribution in [2.45, 2.75) is 26.4 Å². The molecule has 0 saturated carbocycles. The summed E-state index contributed by atoms with van der Waals surface area (Å²) in [6, 6.07) is 3.92. The molecule has 0 radical (unpaired) electrons. The topological polar surface area (TPSA) is 96.9 Å². The van der Waals surface area contributed by atoms with Crippen LogP contribution in [0, 0.1) is 0 Å². The van der Waals surface area contributed by atoms with Gasteiger partial charge in [0.2, 0.25) is 5.76 Å². The Morgan fingerprint density at radius 3 is 2.55 bits per heavy atom. The van der Waals surface area contributed by atoms with Crippen LogP contribution in [0.5, 0.6) is 0 Å². The highest BCUT2D eigenvalue weighted by Gasteiger charge is 2.45. The Hall–Kier alpha value is -2.90. The van der Waals surface area contributed by atoms with Gasteiger partial charge in [-0.2, -0.15) is 0 Å². The normalized spacial score (nSPS) is 15.5. The first-order valence-electron chi connectivity index (χ1n) is 6.67. The molecule has 1 fully saturated rings. The Morgan fingerprint density at radius 2 is 1.95 bits per heavy atom. The van der Waals surface area contributed by atoms with E-state index in [1.165, 1.54) is 6.26 Å². The molecule has 0 spiro atoms. The van der Waals surface area contributed by atoms with E-state index >= 15 is 0 Å². The Kier molecular flexibility index (Phi) is 3.28. The number of hydrogen-bond acceptors (Lipinski definition) is 6. The summed E-state index contributed by atoms with van der Waals surface area (Å²) in [5.74, 6) is -0.820. The molecule has 0 atom stereocenters. The van der Waals surface area contributed by atoms with Gasteiger partial charge in [-0.3, -0.25) is 14.5 Å². The zero-order chi connectivity index (χ0) is 15.9. The van der Waals surface area contributed by atoms with Crippen molar-refractivity contribution in [2.75, 3.05) is 0 Å². The fraction of sp³-hybridized carbons (Fsp3) is 0.286. The molecule has 1 aliphatic heterocycles. The van der Waals surface area contributed by atoms with Crippen LogP contribution in [0.4, 0.5) is 4.79 Å². The highest BCUT2D eigenvalue weighted by Crippen LogP contribution is 2.23. The van der Waals surface area contributed by atoms with E-state index in [1.54, 1.807) is 32.0 Å². The van der Waals surface area contributed by atoms with Crippen LogP contribution in [0.1, 0.15) is 19.5 Å². The van der Waals surface area contributed by atoms with Gasteiger partial charge in [-0.25, -0.2) is 9.69 Å². The van der Waals surface area contributed by atoms with Gasteiger partial charge in [0.05, 0.1) is 12.8 Å². The molecule has 3 heterocycles. The van der Waals surface area contributed by atoms with Gasteiger partial charge in [-0.05, 0) is 26.0 Å². The van der Waals surface area contributed by atoms with Crippen molar-refractivity contribution in [3.8, 4) is 11.5 Å². The van der Waals surface area contributed by atoms with Crippen LogP contribution in [0.25, 0.3) is 11.5 Å². The van der Waals surface area contributed by atoms with Crippen LogP contribution in [-0.4, -0.2) is 38.8 Å². The summed E-state index contributed by atoms with van der Waals surface area (Å²) in [6.45, 7) is 3.20. The van der Waals surface area contributed by atoms with Crippen LogP contribution in [0.2, 0.25) is 0 Å². The number of carbonyl (C=O) groups excluding carboxylic acids is 3. The van der Waals surface area contributed by atoms with E-state index in [9.17, 15) is 14.4 Å². The largest absolute Gasteiger partial charge is 0.461 e. The van der Waals surface area contributed by atoms with Gasteiger partial charge in [0.25, 0.3) is 0 Å². The minimum absolute atomic E-state index is 0.128. The number of amides is 4. The number of aromatic nitrogens is 1. The molecule has 1 saturated heterocycles. The fourth-order valence-electron chi connectivity index (χ4n) is 2.20. The molecule has 22 heavy (non-hydrogen) atoms. The maximum atomic E-state index is 12.1. The Bertz CT molecular complexity index is 732. The molecule has 4 amide bonds. The van der Waals surface area contributed by atoms with Gasteiger partial charge >= 0.3 is 17.8 Å². The van der Waals surface area contributed by atoms with Crippen molar-refractivity contribution >= 4 is 17.8 Å². The van der Waals surface area contributed by atoms with Crippen LogP contribution in [0.15, 0.2) is 33.4 Å². The van der Waals surface area contributed by atoms with Gasteiger partial charge < -0.3 is 8.94 Å². The zero-order valence-electron chi connectivity index (χ0n) is 12.0. The number of rotatable bonds is 4. The maximum Gasteiger partial charge on any atom is 0.334 e. The summed E-state index contributed by atoms with van der Waals surface area (Å²) in [7, 11) is 0. The van der Waals surface area contributed by atoms with Gasteiger partial charge in [-0.15, -0.1) is 0 Å². The lowest BCUT2D eigenvalue weighted by Crippen LogP contribution is -2.37. The lowest BCUT2D eigenvalue weighted by atomic mass is 10.3. The predicted octanol–water partition coefficient (Wildman–Crippen LogP) is 1.63. The molecular weight excluding hydrogens is 290 g/mol. The highest BCUT2D eigenvalue weighted by atomic mass is 16.5. The third-order valence-electron chi connectivity index (χ3n) is 3.24. The molecular formula is C14H13N3O5. The average Bonchev–Trinajstić information content (AvgIpc) is 3.17. The smallest absolute Gasteiger partial charge is 0.334 e. The first-order chi connectivity index (χ1) is 10.5. The van der Waals surface area contributed by atoms with Crippen molar-refractivity contribution < 1.29 is 23.3 Å². The van der Waals surface area contributed by atoms with E-state index in [1.807, 2.05) is 0 Å². The molecule has 3 rings (SSSR count). The van der Waals surface area contributed by atoms with E-state index in [0.717, 1.165) is 9.80 Å². The molecule has 114 valence electrons. The second-order valence-corrected chi connectivity index (χ2v) is 5.10. The van der Waals surface area contributed by atoms with Crippen molar-refractivity contribution in [3.05, 3.63) is 30.2 Å². The third kappa shape index (κ3) is 2.18. The van der Waals surface area contributed by atoms with Crippen LogP contribution >= 0.6 is 0 Å². The summed E-state index contributed by atoms with van der Waals surface area (Å²) < 4.78 is 10.3. The quantitative estimate of drug-likeness (QED) is 0.629. The van der Waals surface area contributed by atoms with Gasteiger partial charge in [-0.1, -0.05) is 5.16 Å². The Labute approximate surface area is 125 Å². The van der Waals surface area contributed by atoms with E-state index in [0.29, 0.717) is 17.2 Å². The number of furan rings is 1. The summed E-state index contributed by atoms with van der Waals surface area (Å²) in [5, 5.41) is 3.79.